The maximum atomic E-state index is 13.9. The minimum absolute atomic E-state index is 0.0995. The first-order chi connectivity index (χ1) is 8.08. The van der Waals surface area contributed by atoms with Crippen molar-refractivity contribution in [3.63, 3.8) is 0 Å². The molecule has 2 unspecified atom stereocenters. The second kappa shape index (κ2) is 7.02. The predicted octanol–water partition coefficient (Wildman–Crippen LogP) is 4.39. The molecule has 1 aromatic rings. The van der Waals surface area contributed by atoms with E-state index >= 15 is 0 Å². The molecule has 96 valence electrons. The van der Waals surface area contributed by atoms with E-state index < -0.39 is 0 Å². The van der Waals surface area contributed by atoms with Crippen LogP contribution in [0.3, 0.4) is 0 Å². The van der Waals surface area contributed by atoms with Crippen molar-refractivity contribution >= 4 is 11.8 Å². The molecule has 1 aromatic carbocycles. The van der Waals surface area contributed by atoms with Crippen LogP contribution in [0, 0.1) is 5.82 Å². The van der Waals surface area contributed by atoms with Crippen molar-refractivity contribution in [2.24, 2.45) is 0 Å². The molecule has 1 N–H and O–H groups in total. The molecule has 0 heterocycles. The Morgan fingerprint density at radius 1 is 1.29 bits per heavy atom. The Bertz CT molecular complexity index is 354. The lowest BCUT2D eigenvalue weighted by Crippen LogP contribution is -2.17. The number of rotatable bonds is 6. The molecule has 3 heteroatoms. The molecule has 0 aliphatic carbocycles. The van der Waals surface area contributed by atoms with Crippen LogP contribution in [-0.4, -0.2) is 11.8 Å². The molecule has 0 spiro atoms. The van der Waals surface area contributed by atoms with Crippen LogP contribution in [0.2, 0.25) is 0 Å². The summed E-state index contributed by atoms with van der Waals surface area (Å²) in [6, 6.07) is 5.77. The molecule has 0 aliphatic rings. The Labute approximate surface area is 108 Å². The van der Waals surface area contributed by atoms with Gasteiger partial charge in [0.25, 0.3) is 0 Å². The summed E-state index contributed by atoms with van der Waals surface area (Å²) in [7, 11) is 0. The van der Waals surface area contributed by atoms with Crippen LogP contribution in [-0.2, 0) is 0 Å². The van der Waals surface area contributed by atoms with Gasteiger partial charge in [0.05, 0.1) is 0 Å². The molecule has 0 radical (unpaired) electrons. The van der Waals surface area contributed by atoms with E-state index in [0.29, 0.717) is 5.25 Å². The molecule has 2 atom stereocenters. The molecule has 0 bridgehead atoms. The lowest BCUT2D eigenvalue weighted by atomic mass is 10.1. The average Bonchev–Trinajstić information content (AvgIpc) is 2.31. The van der Waals surface area contributed by atoms with Crippen LogP contribution in [0.25, 0.3) is 0 Å². The molecule has 0 aromatic heterocycles. The minimum atomic E-state index is -0.0995. The summed E-state index contributed by atoms with van der Waals surface area (Å²) in [6.45, 7) is 9.25. The number of hydrogen-bond donors (Lipinski definition) is 1. The zero-order chi connectivity index (χ0) is 12.8. The first-order valence-electron chi connectivity index (χ1n) is 6.27. The summed E-state index contributed by atoms with van der Waals surface area (Å²) < 4.78 is 13.9. The highest BCUT2D eigenvalue weighted by atomic mass is 32.2. The Kier molecular flexibility index (Phi) is 6.00. The van der Waals surface area contributed by atoms with Crippen molar-refractivity contribution in [2.75, 3.05) is 6.54 Å². The third kappa shape index (κ3) is 4.32. The van der Waals surface area contributed by atoms with Crippen LogP contribution in [0.15, 0.2) is 23.1 Å². The molecule has 1 nitrogen and oxygen atoms in total. The summed E-state index contributed by atoms with van der Waals surface area (Å²) in [5.41, 5.74) is 1.01. The number of hydrogen-bond acceptors (Lipinski definition) is 2. The van der Waals surface area contributed by atoms with Crippen LogP contribution >= 0.6 is 11.8 Å². The van der Waals surface area contributed by atoms with Crippen LogP contribution in [0.1, 0.15) is 45.7 Å². The van der Waals surface area contributed by atoms with E-state index in [1.54, 1.807) is 17.8 Å². The summed E-state index contributed by atoms with van der Waals surface area (Å²) in [5.74, 6) is -0.0995. The largest absolute Gasteiger partial charge is 0.310 e. The van der Waals surface area contributed by atoms with Crippen LogP contribution in [0.5, 0.6) is 0 Å². The topological polar surface area (TPSA) is 12.0 Å². The minimum Gasteiger partial charge on any atom is -0.310 e. The van der Waals surface area contributed by atoms with Crippen molar-refractivity contribution in [2.45, 2.75) is 50.3 Å². The first kappa shape index (κ1) is 14.5. The van der Waals surface area contributed by atoms with Gasteiger partial charge in [0.2, 0.25) is 0 Å². The maximum Gasteiger partial charge on any atom is 0.137 e. The van der Waals surface area contributed by atoms with Crippen molar-refractivity contribution in [1.82, 2.24) is 5.32 Å². The standard InChI is InChI=1S/C14H22FNS/c1-5-10(3)17-14-8-7-12(9-13(14)15)11(4)16-6-2/h7-11,16H,5-6H2,1-4H3. The van der Waals surface area contributed by atoms with Crippen molar-refractivity contribution in [1.29, 1.82) is 0 Å². The van der Waals surface area contributed by atoms with Gasteiger partial charge in [-0.1, -0.05) is 26.8 Å². The molecule has 1 rings (SSSR count). The quantitative estimate of drug-likeness (QED) is 0.757. The van der Waals surface area contributed by atoms with Crippen molar-refractivity contribution in [3.05, 3.63) is 29.6 Å². The lowest BCUT2D eigenvalue weighted by molar-refractivity contribution is 0.571. The van der Waals surface area contributed by atoms with Crippen LogP contribution < -0.4 is 5.32 Å². The second-order valence-electron chi connectivity index (χ2n) is 4.31. The highest BCUT2D eigenvalue weighted by Crippen LogP contribution is 2.29. The molecular formula is C14H22FNS. The fourth-order valence-corrected chi connectivity index (χ4v) is 2.52. The van der Waals surface area contributed by atoms with Crippen molar-refractivity contribution in [3.8, 4) is 0 Å². The molecule has 0 fully saturated rings. The second-order valence-corrected chi connectivity index (χ2v) is 5.79. The van der Waals surface area contributed by atoms with Gasteiger partial charge in [0, 0.05) is 16.2 Å². The van der Waals surface area contributed by atoms with Gasteiger partial charge in [-0.15, -0.1) is 11.8 Å². The van der Waals surface area contributed by atoms with Gasteiger partial charge in [-0.2, -0.15) is 0 Å². The Morgan fingerprint density at radius 2 is 2.00 bits per heavy atom. The molecule has 0 amide bonds. The predicted molar refractivity (Wildman–Crippen MR) is 74.1 cm³/mol. The number of thioether (sulfide) groups is 1. The highest BCUT2D eigenvalue weighted by molar-refractivity contribution is 7.99. The van der Waals surface area contributed by atoms with Gasteiger partial charge in [0.15, 0.2) is 0 Å². The smallest absolute Gasteiger partial charge is 0.137 e. The van der Waals surface area contributed by atoms with E-state index in [-0.39, 0.29) is 11.9 Å². The Balaban J connectivity index is 2.78. The van der Waals surface area contributed by atoms with Crippen molar-refractivity contribution < 1.29 is 4.39 Å². The van der Waals surface area contributed by atoms with E-state index in [1.807, 2.05) is 12.1 Å². The van der Waals surface area contributed by atoms with E-state index in [2.05, 4.69) is 33.0 Å². The average molecular weight is 255 g/mol. The normalized spacial score (nSPS) is 14.6. The molecule has 17 heavy (non-hydrogen) atoms. The van der Waals surface area contributed by atoms with E-state index in [0.717, 1.165) is 23.4 Å². The first-order valence-corrected chi connectivity index (χ1v) is 7.15. The third-order valence-electron chi connectivity index (χ3n) is 2.87. The highest BCUT2D eigenvalue weighted by Gasteiger charge is 2.10. The zero-order valence-electron chi connectivity index (χ0n) is 11.1. The number of nitrogens with one attached hydrogen (secondary N) is 1. The summed E-state index contributed by atoms with van der Waals surface area (Å²) >= 11 is 1.61. The summed E-state index contributed by atoms with van der Waals surface area (Å²) in [6.07, 6.45) is 1.06. The summed E-state index contributed by atoms with van der Waals surface area (Å²) in [5, 5.41) is 3.75. The fraction of sp³-hybridized carbons (Fsp3) is 0.571. The van der Waals surface area contributed by atoms with E-state index in [4.69, 9.17) is 0 Å². The summed E-state index contributed by atoms with van der Waals surface area (Å²) in [4.78, 5) is 0.756. The van der Waals surface area contributed by atoms with Gasteiger partial charge in [0.1, 0.15) is 5.82 Å². The third-order valence-corrected chi connectivity index (χ3v) is 4.19. The van der Waals surface area contributed by atoms with Crippen LogP contribution in [0.4, 0.5) is 4.39 Å². The van der Waals surface area contributed by atoms with Gasteiger partial charge in [-0.25, -0.2) is 4.39 Å². The van der Waals surface area contributed by atoms with Gasteiger partial charge >= 0.3 is 0 Å². The van der Waals surface area contributed by atoms with E-state index in [1.165, 1.54) is 0 Å². The number of halogens is 1. The van der Waals surface area contributed by atoms with Gasteiger partial charge in [-0.05, 0) is 37.6 Å². The molecular weight excluding hydrogens is 233 g/mol. The van der Waals surface area contributed by atoms with Gasteiger partial charge < -0.3 is 5.32 Å². The molecule has 0 saturated heterocycles. The molecule has 0 saturated carbocycles. The van der Waals surface area contributed by atoms with E-state index in [9.17, 15) is 4.39 Å². The fourth-order valence-electron chi connectivity index (χ4n) is 1.61. The molecule has 0 aliphatic heterocycles. The zero-order valence-corrected chi connectivity index (χ0v) is 11.9. The Morgan fingerprint density at radius 3 is 2.53 bits per heavy atom. The van der Waals surface area contributed by atoms with Gasteiger partial charge in [-0.3, -0.25) is 0 Å². The SMILES string of the molecule is CCNC(C)c1ccc(SC(C)CC)c(F)c1. The lowest BCUT2D eigenvalue weighted by Gasteiger charge is -2.15. The number of benzene rings is 1. The Hall–Kier alpha value is -0.540. The monoisotopic (exact) mass is 255 g/mol. The maximum absolute atomic E-state index is 13.9.